The molecule has 0 spiro atoms. The Balaban J connectivity index is 2.18. The minimum atomic E-state index is -0.457. The van der Waals surface area contributed by atoms with Crippen LogP contribution in [0.2, 0.25) is 0 Å². The first-order valence-corrected chi connectivity index (χ1v) is 7.23. The molecule has 1 fully saturated rings. The highest BCUT2D eigenvalue weighted by atomic mass is 16.5. The van der Waals surface area contributed by atoms with Crippen LogP contribution >= 0.6 is 0 Å². The lowest BCUT2D eigenvalue weighted by Crippen LogP contribution is -2.45. The van der Waals surface area contributed by atoms with Crippen molar-refractivity contribution >= 4 is 11.6 Å². The molecule has 5 nitrogen and oxygen atoms in total. The van der Waals surface area contributed by atoms with Crippen LogP contribution in [0.1, 0.15) is 26.3 Å². The summed E-state index contributed by atoms with van der Waals surface area (Å²) in [6, 6.07) is 5.87. The van der Waals surface area contributed by atoms with Gasteiger partial charge in [0.1, 0.15) is 11.9 Å². The molecule has 1 aromatic carbocycles. The van der Waals surface area contributed by atoms with Gasteiger partial charge in [0.25, 0.3) is 5.91 Å². The first kappa shape index (κ1) is 15.8. The normalized spacial score (nSPS) is 19.1. The average molecular weight is 292 g/mol. The van der Waals surface area contributed by atoms with Gasteiger partial charge in [0, 0.05) is 13.1 Å². The van der Waals surface area contributed by atoms with Crippen LogP contribution in [0.4, 0.5) is 5.69 Å². The summed E-state index contributed by atoms with van der Waals surface area (Å²) < 4.78 is 10.8. The Morgan fingerprint density at radius 3 is 2.76 bits per heavy atom. The zero-order valence-electron chi connectivity index (χ0n) is 13.2. The molecule has 2 rings (SSSR count). The van der Waals surface area contributed by atoms with Gasteiger partial charge in [-0.25, -0.2) is 0 Å². The number of carbonyl (C=O) groups is 1. The molecular weight excluding hydrogens is 268 g/mol. The molecule has 1 aromatic rings. The molecule has 1 saturated heterocycles. The van der Waals surface area contributed by atoms with E-state index in [4.69, 9.17) is 9.47 Å². The number of hydrogen-bond acceptors (Lipinski definition) is 4. The lowest BCUT2D eigenvalue weighted by atomic mass is 9.87. The lowest BCUT2D eigenvalue weighted by Gasteiger charge is -2.24. The minimum absolute atomic E-state index is 0.00857. The van der Waals surface area contributed by atoms with Crippen molar-refractivity contribution in [2.75, 3.05) is 32.1 Å². The van der Waals surface area contributed by atoms with Crippen LogP contribution < -0.4 is 15.4 Å². The maximum atomic E-state index is 12.3. The molecular formula is C16H24N2O3. The van der Waals surface area contributed by atoms with Crippen LogP contribution in [0.5, 0.6) is 5.75 Å². The van der Waals surface area contributed by atoms with Crippen LogP contribution in [0.15, 0.2) is 18.2 Å². The third-order valence-corrected chi connectivity index (χ3v) is 3.54. The van der Waals surface area contributed by atoms with Crippen LogP contribution in [-0.4, -0.2) is 38.8 Å². The first-order valence-electron chi connectivity index (χ1n) is 7.23. The number of morpholine rings is 1. The second-order valence-corrected chi connectivity index (χ2v) is 6.22. The highest BCUT2D eigenvalue weighted by molar-refractivity contribution is 5.95. The number of ether oxygens (including phenoxy) is 2. The summed E-state index contributed by atoms with van der Waals surface area (Å²) in [5.41, 5.74) is 1.83. The average Bonchev–Trinajstić information content (AvgIpc) is 2.47. The van der Waals surface area contributed by atoms with Gasteiger partial charge in [-0.3, -0.25) is 4.79 Å². The second-order valence-electron chi connectivity index (χ2n) is 6.22. The fourth-order valence-corrected chi connectivity index (χ4v) is 2.22. The molecule has 1 atom stereocenters. The SMILES string of the molecule is COc1ccc(C(C)(C)C)cc1NC(=O)C1CNCCO1. The summed E-state index contributed by atoms with van der Waals surface area (Å²) in [5.74, 6) is 0.506. The molecule has 0 bridgehead atoms. The summed E-state index contributed by atoms with van der Waals surface area (Å²) in [6.07, 6.45) is -0.457. The summed E-state index contributed by atoms with van der Waals surface area (Å²) >= 11 is 0. The molecule has 2 N–H and O–H groups in total. The topological polar surface area (TPSA) is 59.6 Å². The maximum Gasteiger partial charge on any atom is 0.254 e. The fourth-order valence-electron chi connectivity index (χ4n) is 2.22. The number of rotatable bonds is 3. The molecule has 1 aliphatic heterocycles. The van der Waals surface area contributed by atoms with Crippen molar-refractivity contribution in [2.24, 2.45) is 0 Å². The van der Waals surface area contributed by atoms with Gasteiger partial charge in [0.05, 0.1) is 19.4 Å². The Morgan fingerprint density at radius 1 is 1.43 bits per heavy atom. The maximum absolute atomic E-state index is 12.3. The van der Waals surface area contributed by atoms with Crippen molar-refractivity contribution in [3.8, 4) is 5.75 Å². The second kappa shape index (κ2) is 6.45. The van der Waals surface area contributed by atoms with Crippen LogP contribution in [-0.2, 0) is 14.9 Å². The number of methoxy groups -OCH3 is 1. The standard InChI is InChI=1S/C16H24N2O3/c1-16(2,3)11-5-6-13(20-4)12(9-11)18-15(19)14-10-17-7-8-21-14/h5-6,9,14,17H,7-8,10H2,1-4H3,(H,18,19). The number of carbonyl (C=O) groups excluding carboxylic acids is 1. The van der Waals surface area contributed by atoms with Crippen molar-refractivity contribution in [3.63, 3.8) is 0 Å². The molecule has 0 aliphatic carbocycles. The first-order chi connectivity index (χ1) is 9.91. The van der Waals surface area contributed by atoms with Crippen LogP contribution in [0.3, 0.4) is 0 Å². The van der Waals surface area contributed by atoms with Crippen molar-refractivity contribution in [2.45, 2.75) is 32.3 Å². The van der Waals surface area contributed by atoms with E-state index in [1.54, 1.807) is 7.11 Å². The molecule has 1 heterocycles. The zero-order chi connectivity index (χ0) is 15.5. The monoisotopic (exact) mass is 292 g/mol. The molecule has 1 amide bonds. The largest absolute Gasteiger partial charge is 0.495 e. The van der Waals surface area contributed by atoms with Gasteiger partial charge in [0.2, 0.25) is 0 Å². The minimum Gasteiger partial charge on any atom is -0.495 e. The Kier molecular flexibility index (Phi) is 4.85. The van der Waals surface area contributed by atoms with Crippen LogP contribution in [0.25, 0.3) is 0 Å². The van der Waals surface area contributed by atoms with Gasteiger partial charge >= 0.3 is 0 Å². The Hall–Kier alpha value is -1.59. The fraction of sp³-hybridized carbons (Fsp3) is 0.562. The Bertz CT molecular complexity index is 503. The molecule has 0 saturated carbocycles. The van der Waals surface area contributed by atoms with Crippen molar-refractivity contribution < 1.29 is 14.3 Å². The van der Waals surface area contributed by atoms with Crippen molar-refractivity contribution in [1.29, 1.82) is 0 Å². The van der Waals surface area contributed by atoms with E-state index < -0.39 is 6.10 Å². The third kappa shape index (κ3) is 3.95. The Morgan fingerprint density at radius 2 is 2.19 bits per heavy atom. The molecule has 0 radical (unpaired) electrons. The number of hydrogen-bond donors (Lipinski definition) is 2. The number of nitrogens with one attached hydrogen (secondary N) is 2. The number of amides is 1. The van der Waals surface area contributed by atoms with Gasteiger partial charge in [-0.05, 0) is 23.1 Å². The number of benzene rings is 1. The van der Waals surface area contributed by atoms with E-state index in [-0.39, 0.29) is 11.3 Å². The van der Waals surface area contributed by atoms with Gasteiger partial charge < -0.3 is 20.1 Å². The number of anilines is 1. The van der Waals surface area contributed by atoms with Crippen molar-refractivity contribution in [1.82, 2.24) is 5.32 Å². The molecule has 21 heavy (non-hydrogen) atoms. The van der Waals surface area contributed by atoms with E-state index in [1.165, 1.54) is 0 Å². The smallest absolute Gasteiger partial charge is 0.254 e. The summed E-state index contributed by atoms with van der Waals surface area (Å²) in [4.78, 5) is 12.3. The van der Waals surface area contributed by atoms with Gasteiger partial charge in [-0.1, -0.05) is 26.8 Å². The van der Waals surface area contributed by atoms with Gasteiger partial charge in [-0.2, -0.15) is 0 Å². The Labute approximate surface area is 126 Å². The summed E-state index contributed by atoms with van der Waals surface area (Å²) in [5, 5.41) is 6.06. The highest BCUT2D eigenvalue weighted by Crippen LogP contribution is 2.31. The highest BCUT2D eigenvalue weighted by Gasteiger charge is 2.23. The predicted molar refractivity (Wildman–Crippen MR) is 82.9 cm³/mol. The van der Waals surface area contributed by atoms with E-state index in [1.807, 2.05) is 18.2 Å². The quantitative estimate of drug-likeness (QED) is 0.893. The molecule has 1 aliphatic rings. The van der Waals surface area contributed by atoms with E-state index >= 15 is 0 Å². The molecule has 0 aromatic heterocycles. The molecule has 5 heteroatoms. The predicted octanol–water partition coefficient (Wildman–Crippen LogP) is 1.92. The van der Waals surface area contributed by atoms with Gasteiger partial charge in [-0.15, -0.1) is 0 Å². The van der Waals surface area contributed by atoms with Crippen molar-refractivity contribution in [3.05, 3.63) is 23.8 Å². The third-order valence-electron chi connectivity index (χ3n) is 3.54. The van der Waals surface area contributed by atoms with E-state index in [0.29, 0.717) is 24.6 Å². The molecule has 116 valence electrons. The van der Waals surface area contributed by atoms with E-state index in [2.05, 4.69) is 31.4 Å². The summed E-state index contributed by atoms with van der Waals surface area (Å²) in [6.45, 7) is 8.27. The van der Waals surface area contributed by atoms with E-state index in [9.17, 15) is 4.79 Å². The van der Waals surface area contributed by atoms with Crippen LogP contribution in [0, 0.1) is 0 Å². The lowest BCUT2D eigenvalue weighted by molar-refractivity contribution is -0.128. The molecule has 1 unspecified atom stereocenters. The zero-order valence-corrected chi connectivity index (χ0v) is 13.2. The van der Waals surface area contributed by atoms with E-state index in [0.717, 1.165) is 12.1 Å². The summed E-state index contributed by atoms with van der Waals surface area (Å²) in [7, 11) is 1.60. The van der Waals surface area contributed by atoms with Gasteiger partial charge in [0.15, 0.2) is 0 Å².